The summed E-state index contributed by atoms with van der Waals surface area (Å²) in [7, 11) is 0. The van der Waals surface area contributed by atoms with Gasteiger partial charge in [-0.1, -0.05) is 24.6 Å². The maximum Gasteiger partial charge on any atom is 0.0399 e. The minimum atomic E-state index is 0.500. The molecule has 0 amide bonds. The van der Waals surface area contributed by atoms with E-state index in [1.54, 1.807) is 5.56 Å². The summed E-state index contributed by atoms with van der Waals surface area (Å²) in [6.07, 6.45) is 5.19. The third kappa shape index (κ3) is 2.51. The predicted molar refractivity (Wildman–Crippen MR) is 81.9 cm³/mol. The van der Waals surface area contributed by atoms with E-state index in [1.165, 1.54) is 63.1 Å². The van der Waals surface area contributed by atoms with Gasteiger partial charge in [-0.3, -0.25) is 0 Å². The molecule has 1 fully saturated rings. The average molecular weight is 258 g/mol. The van der Waals surface area contributed by atoms with Crippen LogP contribution in [0.15, 0.2) is 18.2 Å². The maximum absolute atomic E-state index is 3.56. The van der Waals surface area contributed by atoms with Gasteiger partial charge in [0.2, 0.25) is 0 Å². The van der Waals surface area contributed by atoms with Crippen molar-refractivity contribution in [2.24, 2.45) is 5.41 Å². The lowest BCUT2D eigenvalue weighted by Crippen LogP contribution is -2.41. The third-order valence-electron chi connectivity index (χ3n) is 5.06. The highest BCUT2D eigenvalue weighted by Crippen LogP contribution is 2.35. The average Bonchev–Trinajstić information content (AvgIpc) is 2.88. The zero-order chi connectivity index (χ0) is 13.3. The van der Waals surface area contributed by atoms with E-state index in [4.69, 9.17) is 0 Å². The van der Waals surface area contributed by atoms with E-state index in [0.717, 1.165) is 0 Å². The first-order valence-corrected chi connectivity index (χ1v) is 7.78. The molecule has 3 rings (SSSR count). The number of fused-ring (bicyclic) bond motifs is 1. The van der Waals surface area contributed by atoms with Gasteiger partial charge in [0.15, 0.2) is 0 Å². The van der Waals surface area contributed by atoms with Gasteiger partial charge in [-0.25, -0.2) is 0 Å². The van der Waals surface area contributed by atoms with Crippen molar-refractivity contribution in [3.05, 3.63) is 29.3 Å². The van der Waals surface area contributed by atoms with E-state index in [-0.39, 0.29) is 0 Å². The van der Waals surface area contributed by atoms with E-state index in [9.17, 15) is 0 Å². The normalized spacial score (nSPS) is 26.5. The molecule has 0 aliphatic carbocycles. The lowest BCUT2D eigenvalue weighted by atomic mass is 9.83. The Morgan fingerprint density at radius 1 is 1.37 bits per heavy atom. The van der Waals surface area contributed by atoms with Gasteiger partial charge in [0.25, 0.3) is 0 Å². The first kappa shape index (κ1) is 13.0. The predicted octanol–water partition coefficient (Wildman–Crippen LogP) is 3.14. The van der Waals surface area contributed by atoms with Crippen LogP contribution >= 0.6 is 0 Å². The number of anilines is 1. The van der Waals surface area contributed by atoms with Gasteiger partial charge < -0.3 is 10.2 Å². The minimum Gasteiger partial charge on any atom is -0.371 e. The number of rotatable bonds is 3. The van der Waals surface area contributed by atoms with Crippen LogP contribution < -0.4 is 10.2 Å². The molecule has 104 valence electrons. The van der Waals surface area contributed by atoms with Gasteiger partial charge in [-0.2, -0.15) is 0 Å². The molecule has 2 heteroatoms. The highest BCUT2D eigenvalue weighted by atomic mass is 15.2. The molecule has 1 aromatic rings. The topological polar surface area (TPSA) is 15.3 Å². The molecule has 2 aliphatic rings. The molecule has 19 heavy (non-hydrogen) atoms. The van der Waals surface area contributed by atoms with Gasteiger partial charge in [0, 0.05) is 30.7 Å². The second-order valence-corrected chi connectivity index (χ2v) is 6.44. The van der Waals surface area contributed by atoms with Gasteiger partial charge in [-0.15, -0.1) is 0 Å². The molecule has 0 saturated carbocycles. The second-order valence-electron chi connectivity index (χ2n) is 6.44. The Hall–Kier alpha value is -1.02. The monoisotopic (exact) mass is 258 g/mol. The van der Waals surface area contributed by atoms with Crippen molar-refractivity contribution in [2.75, 3.05) is 31.1 Å². The Kier molecular flexibility index (Phi) is 3.53. The molecular formula is C17H26N2. The van der Waals surface area contributed by atoms with Crippen LogP contribution in [0.3, 0.4) is 0 Å². The van der Waals surface area contributed by atoms with Gasteiger partial charge >= 0.3 is 0 Å². The molecule has 2 nitrogen and oxygen atoms in total. The van der Waals surface area contributed by atoms with Crippen LogP contribution in [0, 0.1) is 12.3 Å². The lowest BCUT2D eigenvalue weighted by molar-refractivity contribution is 0.310. The van der Waals surface area contributed by atoms with Crippen LogP contribution in [0.2, 0.25) is 0 Å². The number of hydrogen-bond donors (Lipinski definition) is 1. The van der Waals surface area contributed by atoms with Crippen molar-refractivity contribution in [3.63, 3.8) is 0 Å². The molecule has 1 N–H and O–H groups in total. The molecule has 0 aromatic heterocycles. The van der Waals surface area contributed by atoms with Crippen molar-refractivity contribution in [1.82, 2.24) is 5.32 Å². The van der Waals surface area contributed by atoms with Crippen LogP contribution in [-0.2, 0) is 6.42 Å². The number of nitrogens with zero attached hydrogens (tertiary/aromatic N) is 1. The zero-order valence-corrected chi connectivity index (χ0v) is 12.3. The largest absolute Gasteiger partial charge is 0.371 e. The second kappa shape index (κ2) is 5.16. The van der Waals surface area contributed by atoms with E-state index < -0.39 is 0 Å². The first-order chi connectivity index (χ1) is 9.22. The summed E-state index contributed by atoms with van der Waals surface area (Å²) in [5, 5.41) is 3.56. The van der Waals surface area contributed by atoms with Gasteiger partial charge in [0.05, 0.1) is 0 Å². The Balaban J connectivity index is 1.83. The highest BCUT2D eigenvalue weighted by Gasteiger charge is 2.34. The fourth-order valence-corrected chi connectivity index (χ4v) is 3.72. The van der Waals surface area contributed by atoms with Gasteiger partial charge in [0.1, 0.15) is 0 Å². The summed E-state index contributed by atoms with van der Waals surface area (Å²) in [5.41, 5.74) is 4.95. The number of benzene rings is 1. The Morgan fingerprint density at radius 3 is 3.00 bits per heavy atom. The molecule has 1 unspecified atom stereocenters. The molecular weight excluding hydrogens is 232 g/mol. The summed E-state index contributed by atoms with van der Waals surface area (Å²) in [6, 6.07) is 6.99. The van der Waals surface area contributed by atoms with Crippen LogP contribution in [0.1, 0.15) is 37.3 Å². The van der Waals surface area contributed by atoms with Crippen molar-refractivity contribution < 1.29 is 0 Å². The molecule has 2 heterocycles. The molecule has 1 atom stereocenters. The standard InChI is InChI=1S/C17H26N2/c1-3-17(8-9-18-12-17)13-19-10-4-5-15-11-14(2)6-7-16(15)19/h6-7,11,18H,3-5,8-10,12-13H2,1-2H3. The quantitative estimate of drug-likeness (QED) is 0.896. The summed E-state index contributed by atoms with van der Waals surface area (Å²) in [5.74, 6) is 0. The Morgan fingerprint density at radius 2 is 2.26 bits per heavy atom. The van der Waals surface area contributed by atoms with E-state index in [0.29, 0.717) is 5.41 Å². The fourth-order valence-electron chi connectivity index (χ4n) is 3.72. The van der Waals surface area contributed by atoms with Crippen LogP contribution in [-0.4, -0.2) is 26.2 Å². The van der Waals surface area contributed by atoms with Crippen molar-refractivity contribution >= 4 is 5.69 Å². The summed E-state index contributed by atoms with van der Waals surface area (Å²) in [4.78, 5) is 2.65. The van der Waals surface area contributed by atoms with Gasteiger partial charge in [-0.05, 0) is 50.8 Å². The minimum absolute atomic E-state index is 0.500. The maximum atomic E-state index is 3.56. The molecule has 1 saturated heterocycles. The molecule has 0 bridgehead atoms. The molecule has 1 aromatic carbocycles. The van der Waals surface area contributed by atoms with Crippen molar-refractivity contribution in [2.45, 2.75) is 39.5 Å². The smallest absolute Gasteiger partial charge is 0.0399 e. The van der Waals surface area contributed by atoms with Crippen LogP contribution in [0.25, 0.3) is 0 Å². The van der Waals surface area contributed by atoms with Crippen LogP contribution in [0.4, 0.5) is 5.69 Å². The molecule has 0 radical (unpaired) electrons. The SMILES string of the molecule is CCC1(CN2CCCc3cc(C)ccc32)CCNC1. The first-order valence-electron chi connectivity index (χ1n) is 7.78. The van der Waals surface area contributed by atoms with E-state index >= 15 is 0 Å². The number of hydrogen-bond acceptors (Lipinski definition) is 2. The highest BCUT2D eigenvalue weighted by molar-refractivity contribution is 5.57. The molecule has 0 spiro atoms. The van der Waals surface area contributed by atoms with E-state index in [2.05, 4.69) is 42.3 Å². The fraction of sp³-hybridized carbons (Fsp3) is 0.647. The summed E-state index contributed by atoms with van der Waals surface area (Å²) >= 11 is 0. The number of nitrogens with one attached hydrogen (secondary N) is 1. The zero-order valence-electron chi connectivity index (χ0n) is 12.3. The van der Waals surface area contributed by atoms with E-state index in [1.807, 2.05) is 0 Å². The molecule has 2 aliphatic heterocycles. The third-order valence-corrected chi connectivity index (χ3v) is 5.06. The van der Waals surface area contributed by atoms with Crippen LogP contribution in [0.5, 0.6) is 0 Å². The summed E-state index contributed by atoms with van der Waals surface area (Å²) in [6.45, 7) is 9.41. The summed E-state index contributed by atoms with van der Waals surface area (Å²) < 4.78 is 0. The Labute approximate surface area is 117 Å². The van der Waals surface area contributed by atoms with Crippen molar-refractivity contribution in [1.29, 1.82) is 0 Å². The number of aryl methyl sites for hydroxylation is 2. The lowest BCUT2D eigenvalue weighted by Gasteiger charge is -2.39. The van der Waals surface area contributed by atoms with Crippen molar-refractivity contribution in [3.8, 4) is 0 Å². The Bertz CT molecular complexity index is 447.